The van der Waals surface area contributed by atoms with Crippen LogP contribution in [0, 0.1) is 0 Å². The average molecular weight is 331 g/mol. The molecule has 1 heterocycles. The number of alkyl halides is 4. The number of hydrogen-bond acceptors (Lipinski definition) is 4. The Morgan fingerprint density at radius 2 is 2.17 bits per heavy atom. The van der Waals surface area contributed by atoms with Crippen LogP contribution in [0.1, 0.15) is 10.4 Å². The number of nitrogens with two attached hydrogens (primary N) is 1. The Morgan fingerprint density at radius 1 is 1.56 bits per heavy atom. The Hall–Kier alpha value is -1.38. The molecule has 0 amide bonds. The summed E-state index contributed by atoms with van der Waals surface area (Å²) in [6.07, 6.45) is -2.74. The molecular formula is C9H7BrF4N2O2. The molecule has 0 spiro atoms. The third-order valence-electron chi connectivity index (χ3n) is 1.81. The summed E-state index contributed by atoms with van der Waals surface area (Å²) in [6.45, 7) is -1.71. The molecule has 4 nitrogen and oxygen atoms in total. The molecule has 0 aliphatic carbocycles. The molecule has 1 aromatic rings. The van der Waals surface area contributed by atoms with Crippen molar-refractivity contribution in [1.82, 2.24) is 4.98 Å². The van der Waals surface area contributed by atoms with E-state index in [9.17, 15) is 22.4 Å². The maximum absolute atomic E-state index is 12.5. The van der Waals surface area contributed by atoms with E-state index >= 15 is 0 Å². The predicted octanol–water partition coefficient (Wildman–Crippen LogP) is 2.48. The van der Waals surface area contributed by atoms with Crippen LogP contribution in [-0.4, -0.2) is 29.9 Å². The molecule has 0 atom stereocenters. The normalized spacial score (nSPS) is 11.7. The topological polar surface area (TPSA) is 65.2 Å². The second-order valence-corrected chi connectivity index (χ2v) is 4.08. The Morgan fingerprint density at radius 3 is 2.72 bits per heavy atom. The van der Waals surface area contributed by atoms with Gasteiger partial charge in [0.2, 0.25) is 0 Å². The number of pyridine rings is 1. The van der Waals surface area contributed by atoms with Crippen LogP contribution in [-0.2, 0) is 4.74 Å². The van der Waals surface area contributed by atoms with Gasteiger partial charge in [0.1, 0.15) is 5.82 Å². The lowest BCUT2D eigenvalue weighted by molar-refractivity contribution is -0.155. The Kier molecular flexibility index (Phi) is 4.49. The SMILES string of the molecule is Nc1cc(C(=O)OCC(F)(F)C(F)F)c(Br)cn1. The van der Waals surface area contributed by atoms with Gasteiger partial charge in [-0.3, -0.25) is 0 Å². The quantitative estimate of drug-likeness (QED) is 0.680. The smallest absolute Gasteiger partial charge is 0.340 e. The van der Waals surface area contributed by atoms with Crippen molar-refractivity contribution in [2.24, 2.45) is 0 Å². The fourth-order valence-corrected chi connectivity index (χ4v) is 1.29. The van der Waals surface area contributed by atoms with Crippen molar-refractivity contribution < 1.29 is 27.1 Å². The minimum atomic E-state index is -4.39. The van der Waals surface area contributed by atoms with Crippen molar-refractivity contribution >= 4 is 27.7 Å². The van der Waals surface area contributed by atoms with Crippen LogP contribution in [0.25, 0.3) is 0 Å². The lowest BCUT2D eigenvalue weighted by atomic mass is 10.2. The number of carbonyl (C=O) groups excluding carboxylic acids is 1. The Bertz CT molecular complexity index is 456. The molecule has 0 aliphatic rings. The lowest BCUT2D eigenvalue weighted by Crippen LogP contribution is -2.33. The average Bonchev–Trinajstić information content (AvgIpc) is 2.29. The molecule has 100 valence electrons. The molecule has 0 saturated heterocycles. The van der Waals surface area contributed by atoms with Crippen LogP contribution < -0.4 is 5.73 Å². The molecule has 0 radical (unpaired) electrons. The number of halogens is 5. The zero-order chi connectivity index (χ0) is 13.9. The van der Waals surface area contributed by atoms with E-state index in [0.29, 0.717) is 0 Å². The first-order valence-electron chi connectivity index (χ1n) is 4.48. The summed E-state index contributed by atoms with van der Waals surface area (Å²) in [7, 11) is 0. The van der Waals surface area contributed by atoms with Crippen molar-refractivity contribution in [3.63, 3.8) is 0 Å². The number of anilines is 1. The monoisotopic (exact) mass is 330 g/mol. The van der Waals surface area contributed by atoms with Crippen LogP contribution in [0.5, 0.6) is 0 Å². The molecule has 0 saturated carbocycles. The van der Waals surface area contributed by atoms with Crippen molar-refractivity contribution in [2.45, 2.75) is 12.3 Å². The van der Waals surface area contributed by atoms with Gasteiger partial charge in [-0.05, 0) is 22.0 Å². The summed E-state index contributed by atoms with van der Waals surface area (Å²) in [5, 5.41) is 0. The summed E-state index contributed by atoms with van der Waals surface area (Å²) >= 11 is 2.93. The van der Waals surface area contributed by atoms with Gasteiger partial charge in [0, 0.05) is 6.20 Å². The molecule has 1 aromatic heterocycles. The molecule has 0 fully saturated rings. The van der Waals surface area contributed by atoms with Gasteiger partial charge in [-0.15, -0.1) is 0 Å². The number of rotatable bonds is 4. The number of carbonyl (C=O) groups is 1. The highest BCUT2D eigenvalue weighted by atomic mass is 79.9. The highest BCUT2D eigenvalue weighted by Gasteiger charge is 2.42. The Labute approximate surface area is 107 Å². The van der Waals surface area contributed by atoms with Crippen molar-refractivity contribution in [2.75, 3.05) is 12.3 Å². The first-order chi connectivity index (χ1) is 8.24. The standard InChI is InChI=1S/C9H7BrF4N2O2/c10-5-2-16-6(15)1-4(5)7(17)18-3-9(13,14)8(11)12/h1-2,8H,3H2,(H2,15,16). The summed E-state index contributed by atoms with van der Waals surface area (Å²) in [4.78, 5) is 15.0. The van der Waals surface area contributed by atoms with Gasteiger partial charge in [-0.2, -0.15) is 8.78 Å². The molecule has 1 rings (SSSR count). The predicted molar refractivity (Wildman–Crippen MR) is 57.6 cm³/mol. The van der Waals surface area contributed by atoms with E-state index in [-0.39, 0.29) is 15.9 Å². The van der Waals surface area contributed by atoms with Crippen LogP contribution in [0.3, 0.4) is 0 Å². The second-order valence-electron chi connectivity index (χ2n) is 3.23. The number of hydrogen-bond donors (Lipinski definition) is 1. The molecular weight excluding hydrogens is 324 g/mol. The zero-order valence-electron chi connectivity index (χ0n) is 8.67. The van der Waals surface area contributed by atoms with Gasteiger partial charge in [0.25, 0.3) is 0 Å². The molecule has 18 heavy (non-hydrogen) atoms. The third kappa shape index (κ3) is 3.56. The van der Waals surface area contributed by atoms with E-state index in [1.807, 2.05) is 0 Å². The first kappa shape index (κ1) is 14.7. The summed E-state index contributed by atoms with van der Waals surface area (Å²) in [6, 6.07) is 1.08. The highest BCUT2D eigenvalue weighted by Crippen LogP contribution is 2.24. The fourth-order valence-electron chi connectivity index (χ4n) is 0.914. The van der Waals surface area contributed by atoms with Crippen LogP contribution in [0.4, 0.5) is 23.4 Å². The summed E-state index contributed by atoms with van der Waals surface area (Å²) < 4.78 is 53.0. The van der Waals surface area contributed by atoms with Gasteiger partial charge >= 0.3 is 18.3 Å². The van der Waals surface area contributed by atoms with Crippen molar-refractivity contribution in [3.05, 3.63) is 22.3 Å². The first-order valence-corrected chi connectivity index (χ1v) is 5.27. The summed E-state index contributed by atoms with van der Waals surface area (Å²) in [5.41, 5.74) is 5.11. The van der Waals surface area contributed by atoms with Crippen LogP contribution in [0.2, 0.25) is 0 Å². The number of esters is 1. The van der Waals surface area contributed by atoms with E-state index in [1.165, 1.54) is 0 Å². The number of nitrogens with zero attached hydrogens (tertiary/aromatic N) is 1. The maximum atomic E-state index is 12.5. The highest BCUT2D eigenvalue weighted by molar-refractivity contribution is 9.10. The van der Waals surface area contributed by atoms with Crippen LogP contribution >= 0.6 is 15.9 Å². The van der Waals surface area contributed by atoms with Gasteiger partial charge in [-0.1, -0.05) is 0 Å². The zero-order valence-corrected chi connectivity index (χ0v) is 10.3. The van der Waals surface area contributed by atoms with Gasteiger partial charge < -0.3 is 10.5 Å². The molecule has 0 aromatic carbocycles. The van der Waals surface area contributed by atoms with E-state index in [4.69, 9.17) is 5.73 Å². The van der Waals surface area contributed by atoms with Gasteiger partial charge in [0.15, 0.2) is 6.61 Å². The number of ether oxygens (including phenoxy) is 1. The van der Waals surface area contributed by atoms with E-state index in [2.05, 4.69) is 25.7 Å². The van der Waals surface area contributed by atoms with Crippen molar-refractivity contribution in [1.29, 1.82) is 0 Å². The minimum absolute atomic E-state index is 0.0363. The Balaban J connectivity index is 2.75. The van der Waals surface area contributed by atoms with Gasteiger partial charge in [-0.25, -0.2) is 18.6 Å². The number of nitrogen functional groups attached to an aromatic ring is 1. The number of aromatic nitrogens is 1. The van der Waals surface area contributed by atoms with E-state index in [1.54, 1.807) is 0 Å². The van der Waals surface area contributed by atoms with E-state index < -0.39 is 24.9 Å². The maximum Gasteiger partial charge on any atom is 0.340 e. The third-order valence-corrected chi connectivity index (χ3v) is 2.44. The fraction of sp³-hybridized carbons (Fsp3) is 0.333. The molecule has 0 unspecified atom stereocenters. The molecule has 2 N–H and O–H groups in total. The van der Waals surface area contributed by atoms with Gasteiger partial charge in [0.05, 0.1) is 10.0 Å². The molecule has 9 heteroatoms. The molecule has 0 aliphatic heterocycles. The lowest BCUT2D eigenvalue weighted by Gasteiger charge is -2.15. The largest absolute Gasteiger partial charge is 0.455 e. The second kappa shape index (κ2) is 5.51. The van der Waals surface area contributed by atoms with Crippen LogP contribution in [0.15, 0.2) is 16.7 Å². The minimum Gasteiger partial charge on any atom is -0.455 e. The van der Waals surface area contributed by atoms with Crippen molar-refractivity contribution in [3.8, 4) is 0 Å². The summed E-state index contributed by atoms with van der Waals surface area (Å²) in [5.74, 6) is -5.62. The van der Waals surface area contributed by atoms with E-state index in [0.717, 1.165) is 12.3 Å². The molecule has 0 bridgehead atoms.